The molecular weight excluding hydrogens is 405 g/mol. The van der Waals surface area contributed by atoms with Crippen molar-refractivity contribution in [3.05, 3.63) is 45.8 Å². The topological polar surface area (TPSA) is 61.0 Å². The number of hydrogen-bond acceptors (Lipinski definition) is 5. The Kier molecular flexibility index (Phi) is 4.57. The van der Waals surface area contributed by atoms with Crippen molar-refractivity contribution in [2.75, 3.05) is 6.61 Å². The molecule has 3 aromatic rings. The van der Waals surface area contributed by atoms with Gasteiger partial charge in [0.15, 0.2) is 0 Å². The molecule has 1 aromatic carbocycles. The predicted octanol–water partition coefficient (Wildman–Crippen LogP) is 3.72. The van der Waals surface area contributed by atoms with E-state index in [1.54, 1.807) is 6.20 Å². The number of benzene rings is 1. The molecular formula is C17H12IN3O2. The molecule has 2 aromatic heterocycles. The molecule has 0 aliphatic rings. The van der Waals surface area contributed by atoms with Crippen LogP contribution < -0.4 is 4.74 Å². The van der Waals surface area contributed by atoms with Crippen LogP contribution in [0.1, 0.15) is 5.69 Å². The summed E-state index contributed by atoms with van der Waals surface area (Å²) in [6.45, 7) is 2.13. The lowest BCUT2D eigenvalue weighted by atomic mass is 10.2. The average molecular weight is 417 g/mol. The number of aryl methyl sites for hydroxylation is 1. The monoisotopic (exact) mass is 417 g/mol. The Labute approximate surface area is 147 Å². The lowest BCUT2D eigenvalue weighted by Gasteiger charge is -2.06. The van der Waals surface area contributed by atoms with Crippen LogP contribution in [0.15, 0.2) is 40.9 Å². The van der Waals surface area contributed by atoms with Crippen LogP contribution in [-0.4, -0.2) is 21.8 Å². The van der Waals surface area contributed by atoms with Gasteiger partial charge < -0.3 is 9.15 Å². The Morgan fingerprint density at radius 3 is 2.61 bits per heavy atom. The molecule has 114 valence electrons. The fourth-order valence-corrected chi connectivity index (χ4v) is 2.41. The molecule has 0 spiro atoms. The Balaban J connectivity index is 1.91. The Hall–Kier alpha value is -2.40. The quantitative estimate of drug-likeness (QED) is 0.479. The third-order valence-corrected chi connectivity index (χ3v) is 3.96. The van der Waals surface area contributed by atoms with Crippen LogP contribution in [0.4, 0.5) is 0 Å². The molecule has 0 N–H and O–H groups in total. The normalized spacial score (nSPS) is 10.3. The number of nitrogens with zero attached hydrogens (tertiary/aromatic N) is 3. The van der Waals surface area contributed by atoms with E-state index < -0.39 is 0 Å². The van der Waals surface area contributed by atoms with Gasteiger partial charge in [0.2, 0.25) is 11.8 Å². The number of rotatable bonds is 4. The van der Waals surface area contributed by atoms with Gasteiger partial charge in [-0.3, -0.25) is 4.98 Å². The molecule has 23 heavy (non-hydrogen) atoms. The van der Waals surface area contributed by atoms with E-state index >= 15 is 0 Å². The van der Waals surface area contributed by atoms with E-state index in [-0.39, 0.29) is 6.61 Å². The zero-order chi connectivity index (χ0) is 16.2. The van der Waals surface area contributed by atoms with E-state index in [2.05, 4.69) is 43.7 Å². The van der Waals surface area contributed by atoms with Gasteiger partial charge >= 0.3 is 0 Å². The highest BCUT2D eigenvalue weighted by Gasteiger charge is 2.12. The van der Waals surface area contributed by atoms with Crippen LogP contribution in [-0.2, 0) is 0 Å². The van der Waals surface area contributed by atoms with Crippen LogP contribution in [0.3, 0.4) is 0 Å². The first-order valence-electron chi connectivity index (χ1n) is 6.80. The van der Waals surface area contributed by atoms with Gasteiger partial charge in [0.1, 0.15) is 12.4 Å². The number of pyridine rings is 1. The van der Waals surface area contributed by atoms with Crippen molar-refractivity contribution in [3.8, 4) is 41.0 Å². The van der Waals surface area contributed by atoms with Gasteiger partial charge in [-0.05, 0) is 59.8 Å². The van der Waals surface area contributed by atoms with Gasteiger partial charge in [0, 0.05) is 17.5 Å². The van der Waals surface area contributed by atoms with Crippen LogP contribution in [0.5, 0.6) is 5.75 Å². The molecule has 0 atom stereocenters. The second-order valence-electron chi connectivity index (χ2n) is 4.74. The van der Waals surface area contributed by atoms with Gasteiger partial charge in [0.05, 0.1) is 9.13 Å². The maximum atomic E-state index is 5.73. The lowest BCUT2D eigenvalue weighted by molar-refractivity contribution is 0.368. The fourth-order valence-electron chi connectivity index (χ4n) is 1.92. The van der Waals surface area contributed by atoms with Gasteiger partial charge in [0.25, 0.3) is 0 Å². The molecule has 3 rings (SSSR count). The molecule has 0 amide bonds. The van der Waals surface area contributed by atoms with E-state index in [0.29, 0.717) is 17.5 Å². The molecule has 0 bridgehead atoms. The average Bonchev–Trinajstić information content (AvgIpc) is 3.05. The van der Waals surface area contributed by atoms with Crippen molar-refractivity contribution in [1.82, 2.24) is 15.2 Å². The Bertz CT molecular complexity index is 866. The number of hydrogen-bond donors (Lipinski definition) is 0. The zero-order valence-electron chi connectivity index (χ0n) is 12.3. The van der Waals surface area contributed by atoms with E-state index in [4.69, 9.17) is 15.6 Å². The minimum absolute atomic E-state index is 0.212. The van der Waals surface area contributed by atoms with Gasteiger partial charge in [-0.2, -0.15) is 0 Å². The fraction of sp³-hybridized carbons (Fsp3) is 0.118. The third kappa shape index (κ3) is 3.51. The minimum atomic E-state index is 0.212. The largest absolute Gasteiger partial charge is 0.480 e. The zero-order valence-corrected chi connectivity index (χ0v) is 14.4. The summed E-state index contributed by atoms with van der Waals surface area (Å²) in [5, 5.41) is 8.17. The molecule has 0 saturated heterocycles. The maximum Gasteiger partial charge on any atom is 0.249 e. The van der Waals surface area contributed by atoms with E-state index in [1.807, 2.05) is 37.3 Å². The smallest absolute Gasteiger partial charge is 0.249 e. The second-order valence-corrected chi connectivity index (χ2v) is 5.90. The van der Waals surface area contributed by atoms with Gasteiger partial charge in [-0.25, -0.2) is 0 Å². The van der Waals surface area contributed by atoms with E-state index in [1.165, 1.54) is 0 Å². The molecule has 0 unspecified atom stereocenters. The maximum absolute atomic E-state index is 5.73. The first kappa shape index (κ1) is 15.5. The van der Waals surface area contributed by atoms with Crippen molar-refractivity contribution in [2.24, 2.45) is 0 Å². The van der Waals surface area contributed by atoms with Crippen molar-refractivity contribution in [1.29, 1.82) is 0 Å². The number of ether oxygens (including phenoxy) is 1. The summed E-state index contributed by atoms with van der Waals surface area (Å²) in [4.78, 5) is 4.23. The summed E-state index contributed by atoms with van der Waals surface area (Å²) in [5.74, 6) is 3.99. The van der Waals surface area contributed by atoms with Crippen LogP contribution >= 0.6 is 22.6 Å². The molecule has 0 saturated carbocycles. The Morgan fingerprint density at radius 1 is 1.17 bits per heavy atom. The molecule has 0 aliphatic heterocycles. The van der Waals surface area contributed by atoms with Gasteiger partial charge in [-0.15, -0.1) is 16.6 Å². The minimum Gasteiger partial charge on any atom is -0.480 e. The molecule has 0 aliphatic carbocycles. The highest BCUT2D eigenvalue weighted by Crippen LogP contribution is 2.29. The number of halogens is 1. The van der Waals surface area contributed by atoms with Crippen LogP contribution in [0.25, 0.3) is 22.9 Å². The van der Waals surface area contributed by atoms with E-state index in [9.17, 15) is 0 Å². The standard InChI is InChI=1S/C17H12IN3O2/c1-3-8-22-15-9-12(6-7-14(15)18)16-20-21-17(23-16)13-5-4-11(2)19-10-13/h1,4-7,9-10H,8H2,2H3. The second kappa shape index (κ2) is 6.79. The SMILES string of the molecule is C#CCOc1cc(-c2nnc(-c3ccc(C)nc3)o2)ccc1I. The summed E-state index contributed by atoms with van der Waals surface area (Å²) in [6.07, 6.45) is 6.94. The Morgan fingerprint density at radius 2 is 1.91 bits per heavy atom. The number of terminal acetylenes is 1. The lowest BCUT2D eigenvalue weighted by Crippen LogP contribution is -1.96. The molecule has 0 fully saturated rings. The van der Waals surface area contributed by atoms with E-state index in [0.717, 1.165) is 20.4 Å². The summed E-state index contributed by atoms with van der Waals surface area (Å²) >= 11 is 2.19. The third-order valence-electron chi connectivity index (χ3n) is 3.07. The highest BCUT2D eigenvalue weighted by molar-refractivity contribution is 14.1. The molecule has 6 heteroatoms. The molecule has 5 nitrogen and oxygen atoms in total. The van der Waals surface area contributed by atoms with Crippen molar-refractivity contribution in [2.45, 2.75) is 6.92 Å². The summed E-state index contributed by atoms with van der Waals surface area (Å²) in [5.41, 5.74) is 2.49. The summed E-state index contributed by atoms with van der Waals surface area (Å²) < 4.78 is 12.2. The molecule has 2 heterocycles. The highest BCUT2D eigenvalue weighted by atomic mass is 127. The van der Waals surface area contributed by atoms with Crippen molar-refractivity contribution >= 4 is 22.6 Å². The first-order valence-corrected chi connectivity index (χ1v) is 7.88. The van der Waals surface area contributed by atoms with Crippen LogP contribution in [0, 0.1) is 22.8 Å². The van der Waals surface area contributed by atoms with Crippen molar-refractivity contribution < 1.29 is 9.15 Å². The first-order chi connectivity index (χ1) is 11.2. The molecule has 0 radical (unpaired) electrons. The van der Waals surface area contributed by atoms with Crippen molar-refractivity contribution in [3.63, 3.8) is 0 Å². The van der Waals surface area contributed by atoms with Crippen LogP contribution in [0.2, 0.25) is 0 Å². The number of aromatic nitrogens is 3. The summed E-state index contributed by atoms with van der Waals surface area (Å²) in [6, 6.07) is 9.45. The predicted molar refractivity (Wildman–Crippen MR) is 94.7 cm³/mol. The van der Waals surface area contributed by atoms with Gasteiger partial charge in [-0.1, -0.05) is 5.92 Å². The summed E-state index contributed by atoms with van der Waals surface area (Å²) in [7, 11) is 0.